The number of benzene rings is 2. The molecule has 0 aromatic heterocycles. The molecule has 2 aromatic carbocycles. The van der Waals surface area contributed by atoms with Crippen molar-refractivity contribution in [3.8, 4) is 0 Å². The van der Waals surface area contributed by atoms with E-state index in [1.54, 1.807) is 6.92 Å². The average Bonchev–Trinajstić information content (AvgIpc) is 2.56. The van der Waals surface area contributed by atoms with Crippen LogP contribution in [0.25, 0.3) is 10.8 Å². The molecule has 8 nitrogen and oxygen atoms in total. The Morgan fingerprint density at radius 3 is 2.46 bits per heavy atom. The van der Waals surface area contributed by atoms with Gasteiger partial charge in [0.1, 0.15) is 6.54 Å². The van der Waals surface area contributed by atoms with Crippen LogP contribution in [0.15, 0.2) is 30.3 Å². The van der Waals surface area contributed by atoms with Gasteiger partial charge in [0.25, 0.3) is 17.5 Å². The van der Waals surface area contributed by atoms with E-state index in [2.05, 4.69) is 0 Å². The lowest BCUT2D eigenvalue weighted by atomic mass is 9.93. The van der Waals surface area contributed by atoms with Crippen LogP contribution in [0.2, 0.25) is 0 Å². The first kappa shape index (κ1) is 15.6. The summed E-state index contributed by atoms with van der Waals surface area (Å²) >= 11 is 0. The predicted octanol–water partition coefficient (Wildman–Crippen LogP) is 1.91. The second kappa shape index (κ2) is 5.73. The van der Waals surface area contributed by atoms with Gasteiger partial charge in [0.15, 0.2) is 0 Å². The highest BCUT2D eigenvalue weighted by atomic mass is 16.6. The van der Waals surface area contributed by atoms with Gasteiger partial charge in [0.2, 0.25) is 0 Å². The molecule has 0 aliphatic carbocycles. The Bertz CT molecular complexity index is 883. The van der Waals surface area contributed by atoms with Gasteiger partial charge in [0.05, 0.1) is 16.9 Å². The largest absolute Gasteiger partial charge is 0.465 e. The number of nitro groups is 1. The van der Waals surface area contributed by atoms with Gasteiger partial charge in [0, 0.05) is 22.6 Å². The number of carbonyl (C=O) groups is 3. The number of carbonyl (C=O) groups excluding carboxylic acids is 3. The molecule has 3 rings (SSSR count). The summed E-state index contributed by atoms with van der Waals surface area (Å²) in [7, 11) is 0. The van der Waals surface area contributed by atoms with Crippen molar-refractivity contribution in [2.75, 3.05) is 13.2 Å². The summed E-state index contributed by atoms with van der Waals surface area (Å²) in [4.78, 5) is 48.1. The Labute approximate surface area is 135 Å². The normalized spacial score (nSPS) is 13.3. The van der Waals surface area contributed by atoms with Gasteiger partial charge in [-0.25, -0.2) is 0 Å². The zero-order valence-corrected chi connectivity index (χ0v) is 12.6. The molecule has 0 saturated heterocycles. The Morgan fingerprint density at radius 1 is 1.17 bits per heavy atom. The summed E-state index contributed by atoms with van der Waals surface area (Å²) < 4.78 is 4.78. The lowest BCUT2D eigenvalue weighted by Crippen LogP contribution is -2.43. The summed E-state index contributed by atoms with van der Waals surface area (Å²) in [5.41, 5.74) is 0.111. The molecule has 0 saturated carbocycles. The molecule has 2 aromatic rings. The smallest absolute Gasteiger partial charge is 0.326 e. The molecule has 122 valence electrons. The average molecular weight is 328 g/mol. The third kappa shape index (κ3) is 2.28. The second-order valence-electron chi connectivity index (χ2n) is 5.12. The van der Waals surface area contributed by atoms with Crippen LogP contribution in [0.5, 0.6) is 0 Å². The SMILES string of the molecule is CCOC(=O)CN1C(=O)c2cccc3c([N+](=O)[O-])ccc(c23)C1=O. The third-order valence-electron chi connectivity index (χ3n) is 3.76. The van der Waals surface area contributed by atoms with E-state index in [1.165, 1.54) is 30.3 Å². The number of hydrogen-bond donors (Lipinski definition) is 0. The molecule has 0 fully saturated rings. The molecule has 1 heterocycles. The maximum absolute atomic E-state index is 12.6. The van der Waals surface area contributed by atoms with Crippen LogP contribution >= 0.6 is 0 Å². The number of amides is 2. The zero-order valence-electron chi connectivity index (χ0n) is 12.6. The fraction of sp³-hybridized carbons (Fsp3) is 0.188. The van der Waals surface area contributed by atoms with E-state index in [0.717, 1.165) is 4.90 Å². The Kier molecular flexibility index (Phi) is 3.72. The van der Waals surface area contributed by atoms with Crippen LogP contribution in [0.1, 0.15) is 27.6 Å². The highest BCUT2D eigenvalue weighted by molar-refractivity contribution is 6.27. The number of non-ortho nitro benzene ring substituents is 1. The lowest BCUT2D eigenvalue weighted by Gasteiger charge is -2.26. The van der Waals surface area contributed by atoms with Crippen molar-refractivity contribution in [1.82, 2.24) is 4.90 Å². The zero-order chi connectivity index (χ0) is 17.4. The minimum absolute atomic E-state index is 0.132. The van der Waals surface area contributed by atoms with E-state index in [4.69, 9.17) is 4.74 Å². The maximum Gasteiger partial charge on any atom is 0.326 e. The topological polar surface area (TPSA) is 107 Å². The first-order valence-electron chi connectivity index (χ1n) is 7.17. The van der Waals surface area contributed by atoms with Crippen LogP contribution < -0.4 is 0 Å². The fourth-order valence-corrected chi connectivity index (χ4v) is 2.77. The fourth-order valence-electron chi connectivity index (χ4n) is 2.77. The predicted molar refractivity (Wildman–Crippen MR) is 82.6 cm³/mol. The van der Waals surface area contributed by atoms with Crippen LogP contribution in [0, 0.1) is 10.1 Å². The number of imide groups is 1. The molecule has 0 radical (unpaired) electrons. The van der Waals surface area contributed by atoms with Crippen molar-refractivity contribution in [3.63, 3.8) is 0 Å². The first-order chi connectivity index (χ1) is 11.5. The molecule has 0 bridgehead atoms. The Morgan fingerprint density at radius 2 is 1.83 bits per heavy atom. The highest BCUT2D eigenvalue weighted by Crippen LogP contribution is 2.35. The maximum atomic E-state index is 12.6. The van der Waals surface area contributed by atoms with Gasteiger partial charge in [-0.2, -0.15) is 0 Å². The first-order valence-corrected chi connectivity index (χ1v) is 7.17. The number of nitro benzene ring substituents is 1. The molecule has 0 atom stereocenters. The van der Waals surface area contributed by atoms with Crippen molar-refractivity contribution in [2.24, 2.45) is 0 Å². The summed E-state index contributed by atoms with van der Waals surface area (Å²) in [5.74, 6) is -2.05. The molecular formula is C16H12N2O6. The molecular weight excluding hydrogens is 316 g/mol. The second-order valence-corrected chi connectivity index (χ2v) is 5.12. The van der Waals surface area contributed by atoms with E-state index < -0.39 is 29.3 Å². The molecule has 0 spiro atoms. The van der Waals surface area contributed by atoms with Crippen molar-refractivity contribution in [3.05, 3.63) is 51.6 Å². The van der Waals surface area contributed by atoms with E-state index in [9.17, 15) is 24.5 Å². The van der Waals surface area contributed by atoms with Gasteiger partial charge in [-0.1, -0.05) is 6.07 Å². The summed E-state index contributed by atoms with van der Waals surface area (Å²) in [6, 6.07) is 6.99. The van der Waals surface area contributed by atoms with Crippen molar-refractivity contribution in [1.29, 1.82) is 0 Å². The van der Waals surface area contributed by atoms with E-state index >= 15 is 0 Å². The standard InChI is InChI=1S/C16H12N2O6/c1-2-24-13(19)8-17-15(20)10-5-3-4-9-12(18(22)23)7-6-11(14(9)10)16(17)21/h3-7H,2,8H2,1H3. The molecule has 0 N–H and O–H groups in total. The minimum Gasteiger partial charge on any atom is -0.465 e. The Balaban J connectivity index is 2.16. The van der Waals surface area contributed by atoms with E-state index in [-0.39, 0.29) is 34.2 Å². The van der Waals surface area contributed by atoms with Crippen molar-refractivity contribution in [2.45, 2.75) is 6.92 Å². The lowest BCUT2D eigenvalue weighted by molar-refractivity contribution is -0.383. The van der Waals surface area contributed by atoms with Gasteiger partial charge in [-0.3, -0.25) is 29.4 Å². The van der Waals surface area contributed by atoms with Crippen molar-refractivity contribution >= 4 is 34.2 Å². The number of hydrogen-bond acceptors (Lipinski definition) is 6. The van der Waals surface area contributed by atoms with Crippen molar-refractivity contribution < 1.29 is 24.0 Å². The highest BCUT2D eigenvalue weighted by Gasteiger charge is 2.35. The molecule has 1 aliphatic rings. The van der Waals surface area contributed by atoms with Gasteiger partial charge in [-0.15, -0.1) is 0 Å². The summed E-state index contributed by atoms with van der Waals surface area (Å²) in [6.45, 7) is 1.25. The molecule has 24 heavy (non-hydrogen) atoms. The summed E-state index contributed by atoms with van der Waals surface area (Å²) in [5, 5.41) is 11.6. The molecule has 1 aliphatic heterocycles. The third-order valence-corrected chi connectivity index (χ3v) is 3.76. The molecule has 2 amide bonds. The number of ether oxygens (including phenoxy) is 1. The number of rotatable bonds is 4. The minimum atomic E-state index is -0.697. The van der Waals surface area contributed by atoms with E-state index in [1.807, 2.05) is 0 Å². The quantitative estimate of drug-likeness (QED) is 0.367. The number of nitrogens with zero attached hydrogens (tertiary/aromatic N) is 2. The van der Waals surface area contributed by atoms with Crippen LogP contribution in [-0.2, 0) is 9.53 Å². The van der Waals surface area contributed by atoms with Gasteiger partial charge < -0.3 is 4.74 Å². The van der Waals surface area contributed by atoms with Crippen LogP contribution in [-0.4, -0.2) is 40.8 Å². The monoisotopic (exact) mass is 328 g/mol. The van der Waals surface area contributed by atoms with Crippen LogP contribution in [0.4, 0.5) is 5.69 Å². The summed E-state index contributed by atoms with van der Waals surface area (Å²) in [6.07, 6.45) is 0. The van der Waals surface area contributed by atoms with Gasteiger partial charge in [-0.05, 0) is 25.1 Å². The number of esters is 1. The molecule has 8 heteroatoms. The van der Waals surface area contributed by atoms with E-state index in [0.29, 0.717) is 0 Å². The molecule has 0 unspecified atom stereocenters. The van der Waals surface area contributed by atoms with Gasteiger partial charge >= 0.3 is 5.97 Å². The van der Waals surface area contributed by atoms with Crippen LogP contribution in [0.3, 0.4) is 0 Å². The Hall–Kier alpha value is -3.29.